The van der Waals surface area contributed by atoms with Gasteiger partial charge in [0.15, 0.2) is 11.5 Å². The molecule has 0 amide bonds. The first-order chi connectivity index (χ1) is 10.6. The quantitative estimate of drug-likeness (QED) is 0.758. The second kappa shape index (κ2) is 7.02. The molecule has 1 fully saturated rings. The molecule has 1 saturated heterocycles. The third-order valence-corrected chi connectivity index (χ3v) is 4.10. The van der Waals surface area contributed by atoms with E-state index in [1.807, 2.05) is 12.1 Å². The van der Waals surface area contributed by atoms with Crippen molar-refractivity contribution in [2.45, 2.75) is 31.2 Å². The summed E-state index contributed by atoms with van der Waals surface area (Å²) >= 11 is 6.25. The third-order valence-electron chi connectivity index (χ3n) is 3.82. The summed E-state index contributed by atoms with van der Waals surface area (Å²) in [7, 11) is 0. The van der Waals surface area contributed by atoms with Gasteiger partial charge in [-0.15, -0.1) is 0 Å². The fraction of sp³-hybridized carbons (Fsp3) is 0.600. The van der Waals surface area contributed by atoms with Crippen LogP contribution in [0.25, 0.3) is 0 Å². The highest BCUT2D eigenvalue weighted by Crippen LogP contribution is 2.38. The first-order valence-corrected chi connectivity index (χ1v) is 7.78. The fourth-order valence-electron chi connectivity index (χ4n) is 2.60. The van der Waals surface area contributed by atoms with Crippen LogP contribution in [0.2, 0.25) is 5.02 Å². The number of benzene rings is 1. The Balaban J connectivity index is 1.68. The van der Waals surface area contributed by atoms with Crippen molar-refractivity contribution in [1.82, 2.24) is 5.32 Å². The molecule has 0 bridgehead atoms. The maximum absolute atomic E-state index is 9.94. The normalized spacial score (nSPS) is 28.2. The van der Waals surface area contributed by atoms with E-state index in [0.717, 1.165) is 12.0 Å². The molecule has 0 aliphatic carbocycles. The SMILES string of the molecule is O[C@@H]1[C@H](O)COC[C@H]1NCc1cc(Cl)c2c(c1)OCCCO2. The van der Waals surface area contributed by atoms with E-state index in [1.165, 1.54) is 0 Å². The minimum atomic E-state index is -0.862. The van der Waals surface area contributed by atoms with Gasteiger partial charge in [-0.25, -0.2) is 0 Å². The molecule has 2 aliphatic rings. The van der Waals surface area contributed by atoms with Crippen molar-refractivity contribution in [3.63, 3.8) is 0 Å². The third kappa shape index (κ3) is 3.47. The van der Waals surface area contributed by atoms with Gasteiger partial charge >= 0.3 is 0 Å². The Bertz CT molecular complexity index is 527. The molecule has 2 heterocycles. The van der Waals surface area contributed by atoms with E-state index in [-0.39, 0.29) is 12.6 Å². The van der Waals surface area contributed by atoms with E-state index in [4.69, 9.17) is 25.8 Å². The Hall–Kier alpha value is -1.05. The van der Waals surface area contributed by atoms with E-state index < -0.39 is 12.2 Å². The van der Waals surface area contributed by atoms with Crippen LogP contribution in [0.4, 0.5) is 0 Å². The van der Waals surface area contributed by atoms with Gasteiger partial charge in [-0.1, -0.05) is 11.6 Å². The monoisotopic (exact) mass is 329 g/mol. The van der Waals surface area contributed by atoms with Gasteiger partial charge in [0.2, 0.25) is 0 Å². The average molecular weight is 330 g/mol. The van der Waals surface area contributed by atoms with Gasteiger partial charge in [0.1, 0.15) is 6.10 Å². The van der Waals surface area contributed by atoms with Crippen LogP contribution in [-0.2, 0) is 11.3 Å². The summed E-state index contributed by atoms with van der Waals surface area (Å²) in [5.41, 5.74) is 0.918. The van der Waals surface area contributed by atoms with Crippen molar-refractivity contribution in [3.05, 3.63) is 22.7 Å². The van der Waals surface area contributed by atoms with Crippen molar-refractivity contribution in [3.8, 4) is 11.5 Å². The van der Waals surface area contributed by atoms with Gasteiger partial charge in [-0.3, -0.25) is 0 Å². The standard InChI is InChI=1S/C15H20ClNO5/c16-10-4-9(5-13-15(10)22-3-1-2-21-13)6-17-11-7-20-8-12(18)14(11)19/h4-5,11-12,14,17-19H,1-3,6-8H2/t11-,12-,14+/m1/s1. The molecule has 3 rings (SSSR count). The summed E-state index contributed by atoms with van der Waals surface area (Å²) in [5, 5.41) is 23.2. The Kier molecular flexibility index (Phi) is 5.05. The van der Waals surface area contributed by atoms with Gasteiger partial charge in [-0.05, 0) is 17.7 Å². The zero-order valence-corrected chi connectivity index (χ0v) is 12.9. The molecule has 0 radical (unpaired) electrons. The summed E-state index contributed by atoms with van der Waals surface area (Å²) in [6.07, 6.45) is -0.884. The molecular weight excluding hydrogens is 310 g/mol. The molecule has 1 aromatic rings. The molecule has 6 nitrogen and oxygen atoms in total. The van der Waals surface area contributed by atoms with Gasteiger partial charge < -0.3 is 29.7 Å². The highest BCUT2D eigenvalue weighted by molar-refractivity contribution is 6.32. The maximum Gasteiger partial charge on any atom is 0.179 e. The van der Waals surface area contributed by atoms with Crippen molar-refractivity contribution < 1.29 is 24.4 Å². The molecule has 0 spiro atoms. The molecular formula is C15H20ClNO5. The Labute approximate surface area is 133 Å². The van der Waals surface area contributed by atoms with E-state index >= 15 is 0 Å². The van der Waals surface area contributed by atoms with Crippen molar-refractivity contribution in [2.75, 3.05) is 26.4 Å². The molecule has 3 atom stereocenters. The van der Waals surface area contributed by atoms with Crippen molar-refractivity contribution in [2.24, 2.45) is 0 Å². The minimum absolute atomic E-state index is 0.162. The molecule has 0 aromatic heterocycles. The highest BCUT2D eigenvalue weighted by Gasteiger charge is 2.30. The van der Waals surface area contributed by atoms with Crippen molar-refractivity contribution in [1.29, 1.82) is 0 Å². The molecule has 7 heteroatoms. The molecule has 22 heavy (non-hydrogen) atoms. The molecule has 2 aliphatic heterocycles. The molecule has 122 valence electrons. The second-order valence-electron chi connectivity index (χ2n) is 5.54. The van der Waals surface area contributed by atoms with Crippen LogP contribution < -0.4 is 14.8 Å². The lowest BCUT2D eigenvalue weighted by Crippen LogP contribution is -2.54. The number of hydrogen-bond acceptors (Lipinski definition) is 6. The van der Waals surface area contributed by atoms with Crippen LogP contribution in [0, 0.1) is 0 Å². The van der Waals surface area contributed by atoms with Crippen molar-refractivity contribution >= 4 is 11.6 Å². The van der Waals surface area contributed by atoms with Gasteiger partial charge in [0, 0.05) is 13.0 Å². The molecule has 0 saturated carbocycles. The fourth-order valence-corrected chi connectivity index (χ4v) is 2.88. The van der Waals surface area contributed by atoms with Gasteiger partial charge in [0.05, 0.1) is 43.6 Å². The zero-order chi connectivity index (χ0) is 15.5. The second-order valence-corrected chi connectivity index (χ2v) is 5.95. The van der Waals surface area contributed by atoms with Crippen LogP contribution in [0.5, 0.6) is 11.5 Å². The van der Waals surface area contributed by atoms with Gasteiger partial charge in [0.25, 0.3) is 0 Å². The van der Waals surface area contributed by atoms with E-state index in [1.54, 1.807) is 0 Å². The van der Waals surface area contributed by atoms with Crippen LogP contribution in [0.15, 0.2) is 12.1 Å². The number of hydrogen-bond donors (Lipinski definition) is 3. The summed E-state index contributed by atoms with van der Waals surface area (Å²) in [6, 6.07) is 3.37. The number of halogens is 1. The van der Waals surface area contributed by atoms with Gasteiger partial charge in [-0.2, -0.15) is 0 Å². The molecule has 3 N–H and O–H groups in total. The predicted octanol–water partition coefficient (Wildman–Crippen LogP) is 0.712. The largest absolute Gasteiger partial charge is 0.489 e. The van der Waals surface area contributed by atoms with E-state index in [0.29, 0.717) is 42.9 Å². The predicted molar refractivity (Wildman–Crippen MR) is 80.5 cm³/mol. The number of aliphatic hydroxyl groups is 2. The summed E-state index contributed by atoms with van der Waals surface area (Å²) < 4.78 is 16.5. The summed E-state index contributed by atoms with van der Waals surface area (Å²) in [6.45, 7) is 2.19. The summed E-state index contributed by atoms with van der Waals surface area (Å²) in [5.74, 6) is 1.22. The smallest absolute Gasteiger partial charge is 0.179 e. The first-order valence-electron chi connectivity index (χ1n) is 7.40. The highest BCUT2D eigenvalue weighted by atomic mass is 35.5. The first kappa shape index (κ1) is 15.8. The maximum atomic E-state index is 9.94. The number of rotatable bonds is 3. The van der Waals surface area contributed by atoms with Crippen LogP contribution >= 0.6 is 11.6 Å². The minimum Gasteiger partial charge on any atom is -0.489 e. The lowest BCUT2D eigenvalue weighted by Gasteiger charge is -2.32. The van der Waals surface area contributed by atoms with E-state index in [9.17, 15) is 10.2 Å². The van der Waals surface area contributed by atoms with Crippen LogP contribution in [0.3, 0.4) is 0 Å². The molecule has 1 aromatic carbocycles. The number of ether oxygens (including phenoxy) is 3. The average Bonchev–Trinajstić information content (AvgIpc) is 2.74. The number of aliphatic hydroxyl groups excluding tert-OH is 2. The van der Waals surface area contributed by atoms with E-state index in [2.05, 4.69) is 5.32 Å². The Morgan fingerprint density at radius 2 is 2.00 bits per heavy atom. The van der Waals surface area contributed by atoms with Crippen LogP contribution in [-0.4, -0.2) is 54.9 Å². The number of fused-ring (bicyclic) bond motifs is 1. The van der Waals surface area contributed by atoms with Crippen LogP contribution in [0.1, 0.15) is 12.0 Å². The topological polar surface area (TPSA) is 80.2 Å². The Morgan fingerprint density at radius 3 is 2.86 bits per heavy atom. The number of nitrogens with one attached hydrogen (secondary N) is 1. The summed E-state index contributed by atoms with van der Waals surface area (Å²) in [4.78, 5) is 0. The lowest BCUT2D eigenvalue weighted by molar-refractivity contribution is -0.105. The Morgan fingerprint density at radius 1 is 1.18 bits per heavy atom. The molecule has 0 unspecified atom stereocenters. The zero-order valence-electron chi connectivity index (χ0n) is 12.1. The lowest BCUT2D eigenvalue weighted by atomic mass is 10.0.